The molecule has 0 saturated carbocycles. The van der Waals surface area contributed by atoms with Gasteiger partial charge in [-0.1, -0.05) is 11.8 Å². The van der Waals surface area contributed by atoms with Gasteiger partial charge in [-0.2, -0.15) is 13.2 Å². The third-order valence-electron chi connectivity index (χ3n) is 3.73. The zero-order chi connectivity index (χ0) is 16.4. The standard InChI is InChI=1S/C14H15F3N4OS/c15-14(16,17)10-4-5-11-18-19-13(21(11)8-10)23-9-12(22)20-6-2-1-3-7-20/h4-5,8H,1-3,6-7,9H2. The minimum Gasteiger partial charge on any atom is -0.342 e. The molecular weight excluding hydrogens is 329 g/mol. The lowest BCUT2D eigenvalue weighted by Crippen LogP contribution is -2.36. The van der Waals surface area contributed by atoms with E-state index in [4.69, 9.17) is 0 Å². The quantitative estimate of drug-likeness (QED) is 0.804. The first-order valence-corrected chi connectivity index (χ1v) is 8.26. The van der Waals surface area contributed by atoms with E-state index in [0.717, 1.165) is 56.4 Å². The Morgan fingerprint density at radius 3 is 2.61 bits per heavy atom. The number of amides is 1. The van der Waals surface area contributed by atoms with E-state index in [0.29, 0.717) is 5.65 Å². The van der Waals surface area contributed by atoms with E-state index < -0.39 is 11.7 Å². The molecule has 1 aliphatic rings. The highest BCUT2D eigenvalue weighted by Crippen LogP contribution is 2.30. The van der Waals surface area contributed by atoms with Gasteiger partial charge < -0.3 is 4.90 Å². The van der Waals surface area contributed by atoms with Crippen LogP contribution in [0.1, 0.15) is 24.8 Å². The molecule has 0 N–H and O–H groups in total. The fourth-order valence-electron chi connectivity index (χ4n) is 2.50. The zero-order valence-electron chi connectivity index (χ0n) is 12.2. The molecule has 1 fully saturated rings. The highest BCUT2D eigenvalue weighted by atomic mass is 32.2. The third kappa shape index (κ3) is 3.60. The van der Waals surface area contributed by atoms with Crippen molar-refractivity contribution >= 4 is 23.3 Å². The molecule has 0 spiro atoms. The van der Waals surface area contributed by atoms with Gasteiger partial charge in [-0.05, 0) is 31.4 Å². The molecule has 3 rings (SSSR count). The Balaban J connectivity index is 1.73. The summed E-state index contributed by atoms with van der Waals surface area (Å²) in [6, 6.07) is 2.24. The molecule has 1 saturated heterocycles. The molecule has 1 aliphatic heterocycles. The average Bonchev–Trinajstić information content (AvgIpc) is 2.95. The van der Waals surface area contributed by atoms with E-state index in [2.05, 4.69) is 10.2 Å². The number of alkyl halides is 3. The van der Waals surface area contributed by atoms with Crippen molar-refractivity contribution in [3.05, 3.63) is 23.9 Å². The maximum atomic E-state index is 12.8. The summed E-state index contributed by atoms with van der Waals surface area (Å²) in [6.45, 7) is 1.50. The van der Waals surface area contributed by atoms with Crippen molar-refractivity contribution in [2.45, 2.75) is 30.6 Å². The summed E-state index contributed by atoms with van der Waals surface area (Å²) in [5.74, 6) is 0.134. The zero-order valence-corrected chi connectivity index (χ0v) is 13.0. The number of rotatable bonds is 3. The topological polar surface area (TPSA) is 50.5 Å². The summed E-state index contributed by atoms with van der Waals surface area (Å²) in [5, 5.41) is 7.99. The maximum Gasteiger partial charge on any atom is 0.417 e. The molecular formula is C14H15F3N4OS. The lowest BCUT2D eigenvalue weighted by molar-refractivity contribution is -0.138. The molecule has 23 heavy (non-hydrogen) atoms. The molecule has 1 amide bonds. The molecule has 0 aromatic carbocycles. The number of pyridine rings is 1. The number of nitrogens with zero attached hydrogens (tertiary/aromatic N) is 4. The Bertz CT molecular complexity index is 710. The van der Waals surface area contributed by atoms with Crippen LogP contribution in [0.2, 0.25) is 0 Å². The van der Waals surface area contributed by atoms with Crippen LogP contribution in [0.3, 0.4) is 0 Å². The van der Waals surface area contributed by atoms with Gasteiger partial charge in [0.1, 0.15) is 0 Å². The Morgan fingerprint density at radius 2 is 1.91 bits per heavy atom. The lowest BCUT2D eigenvalue weighted by Gasteiger charge is -2.26. The van der Waals surface area contributed by atoms with E-state index >= 15 is 0 Å². The summed E-state index contributed by atoms with van der Waals surface area (Å²) >= 11 is 1.11. The Kier molecular flexibility index (Phi) is 4.47. The monoisotopic (exact) mass is 344 g/mol. The van der Waals surface area contributed by atoms with Crippen molar-refractivity contribution in [2.75, 3.05) is 18.8 Å². The number of hydrogen-bond acceptors (Lipinski definition) is 4. The second-order valence-electron chi connectivity index (χ2n) is 5.36. The van der Waals surface area contributed by atoms with Crippen LogP contribution < -0.4 is 0 Å². The van der Waals surface area contributed by atoms with Gasteiger partial charge >= 0.3 is 6.18 Å². The molecule has 2 aromatic rings. The highest BCUT2D eigenvalue weighted by molar-refractivity contribution is 7.99. The number of carbonyl (C=O) groups excluding carboxylic acids is 1. The SMILES string of the molecule is O=C(CSc1nnc2ccc(C(F)(F)F)cn12)N1CCCCC1. The van der Waals surface area contributed by atoms with Crippen molar-refractivity contribution in [2.24, 2.45) is 0 Å². The average molecular weight is 344 g/mol. The van der Waals surface area contributed by atoms with Gasteiger partial charge in [0.05, 0.1) is 11.3 Å². The second kappa shape index (κ2) is 6.38. The van der Waals surface area contributed by atoms with Crippen molar-refractivity contribution in [1.82, 2.24) is 19.5 Å². The van der Waals surface area contributed by atoms with Gasteiger partial charge in [0.15, 0.2) is 10.8 Å². The van der Waals surface area contributed by atoms with Gasteiger partial charge in [-0.15, -0.1) is 10.2 Å². The van der Waals surface area contributed by atoms with Crippen LogP contribution in [0.4, 0.5) is 13.2 Å². The summed E-state index contributed by atoms with van der Waals surface area (Å²) in [7, 11) is 0. The molecule has 5 nitrogen and oxygen atoms in total. The normalized spacial score (nSPS) is 16.0. The number of likely N-dealkylation sites (tertiary alicyclic amines) is 1. The van der Waals surface area contributed by atoms with Crippen molar-refractivity contribution < 1.29 is 18.0 Å². The fraction of sp³-hybridized carbons (Fsp3) is 0.500. The Morgan fingerprint density at radius 1 is 1.17 bits per heavy atom. The Hall–Kier alpha value is -1.77. The number of hydrogen-bond donors (Lipinski definition) is 0. The molecule has 9 heteroatoms. The first-order valence-electron chi connectivity index (χ1n) is 7.28. The molecule has 0 atom stereocenters. The number of aromatic nitrogens is 3. The van der Waals surface area contributed by atoms with Gasteiger partial charge in [-0.3, -0.25) is 9.20 Å². The van der Waals surface area contributed by atoms with E-state index in [1.54, 1.807) is 4.90 Å². The summed E-state index contributed by atoms with van der Waals surface area (Å²) < 4.78 is 39.6. The van der Waals surface area contributed by atoms with Crippen LogP contribution in [0, 0.1) is 0 Å². The summed E-state index contributed by atoms with van der Waals surface area (Å²) in [5.41, 5.74) is -0.445. The van der Waals surface area contributed by atoms with Gasteiger partial charge in [0.2, 0.25) is 5.91 Å². The van der Waals surface area contributed by atoms with Gasteiger partial charge in [0, 0.05) is 19.3 Å². The number of halogens is 3. The minimum absolute atomic E-state index is 0.0153. The predicted molar refractivity (Wildman–Crippen MR) is 79.1 cm³/mol. The van der Waals surface area contributed by atoms with Crippen LogP contribution in [0.25, 0.3) is 5.65 Å². The molecule has 0 unspecified atom stereocenters. The summed E-state index contributed by atoms with van der Waals surface area (Å²) in [6.07, 6.45) is -0.336. The van der Waals surface area contributed by atoms with Crippen molar-refractivity contribution in [1.29, 1.82) is 0 Å². The smallest absolute Gasteiger partial charge is 0.342 e. The third-order valence-corrected chi connectivity index (χ3v) is 4.66. The van der Waals surface area contributed by atoms with E-state index in [9.17, 15) is 18.0 Å². The van der Waals surface area contributed by atoms with Crippen molar-refractivity contribution in [3.63, 3.8) is 0 Å². The first kappa shape index (κ1) is 16.1. The number of piperidine rings is 1. The van der Waals surface area contributed by atoms with Crippen LogP contribution in [0.5, 0.6) is 0 Å². The Labute approximate surface area is 134 Å². The summed E-state index contributed by atoms with van der Waals surface area (Å²) in [4.78, 5) is 13.9. The van der Waals surface area contributed by atoms with Crippen molar-refractivity contribution in [3.8, 4) is 0 Å². The van der Waals surface area contributed by atoms with Gasteiger partial charge in [-0.25, -0.2) is 0 Å². The number of fused-ring (bicyclic) bond motifs is 1. The van der Waals surface area contributed by atoms with Crippen LogP contribution in [-0.4, -0.2) is 44.2 Å². The molecule has 124 valence electrons. The van der Waals surface area contributed by atoms with Crippen LogP contribution in [-0.2, 0) is 11.0 Å². The number of carbonyl (C=O) groups is 1. The molecule has 0 bridgehead atoms. The molecule has 0 aliphatic carbocycles. The number of thioether (sulfide) groups is 1. The minimum atomic E-state index is -4.43. The first-order chi connectivity index (χ1) is 10.9. The largest absolute Gasteiger partial charge is 0.417 e. The molecule has 0 radical (unpaired) electrons. The lowest BCUT2D eigenvalue weighted by atomic mass is 10.1. The molecule has 2 aromatic heterocycles. The van der Waals surface area contributed by atoms with Crippen LogP contribution in [0.15, 0.2) is 23.5 Å². The maximum absolute atomic E-state index is 12.8. The highest BCUT2D eigenvalue weighted by Gasteiger charge is 2.31. The van der Waals surface area contributed by atoms with E-state index in [-0.39, 0.29) is 16.8 Å². The second-order valence-corrected chi connectivity index (χ2v) is 6.30. The van der Waals surface area contributed by atoms with E-state index in [1.807, 2.05) is 0 Å². The van der Waals surface area contributed by atoms with Crippen LogP contribution >= 0.6 is 11.8 Å². The van der Waals surface area contributed by atoms with E-state index in [1.165, 1.54) is 10.5 Å². The predicted octanol–water partition coefficient (Wildman–Crippen LogP) is 2.85. The van der Waals surface area contributed by atoms with Gasteiger partial charge in [0.25, 0.3) is 0 Å². The molecule has 3 heterocycles. The fourth-order valence-corrected chi connectivity index (χ4v) is 3.32.